The molecule has 1 fully saturated rings. The summed E-state index contributed by atoms with van der Waals surface area (Å²) in [7, 11) is 0. The summed E-state index contributed by atoms with van der Waals surface area (Å²) in [5, 5.41) is 6.14. The molecule has 1 heterocycles. The molecule has 0 aromatic carbocycles. The van der Waals surface area contributed by atoms with Gasteiger partial charge in [0.2, 0.25) is 0 Å². The van der Waals surface area contributed by atoms with Gasteiger partial charge in [0.25, 0.3) is 0 Å². The van der Waals surface area contributed by atoms with Crippen LogP contribution in [-0.2, 0) is 4.74 Å². The van der Waals surface area contributed by atoms with Gasteiger partial charge in [-0.25, -0.2) is 4.79 Å². The largest absolute Gasteiger partial charge is 0.449 e. The number of hydrogen-bond donors (Lipinski definition) is 2. The van der Waals surface area contributed by atoms with Crippen molar-refractivity contribution in [2.24, 2.45) is 11.8 Å². The Labute approximate surface area is 98.1 Å². The molecule has 0 atom stereocenters. The predicted molar refractivity (Wildman–Crippen MR) is 64.4 cm³/mol. The van der Waals surface area contributed by atoms with E-state index in [2.05, 4.69) is 10.6 Å². The number of carbonyl (C=O) groups is 1. The molecule has 1 saturated heterocycles. The molecule has 0 aromatic rings. The van der Waals surface area contributed by atoms with Gasteiger partial charge < -0.3 is 15.4 Å². The number of amides is 1. The molecule has 0 aromatic heterocycles. The van der Waals surface area contributed by atoms with Gasteiger partial charge in [-0.2, -0.15) is 0 Å². The van der Waals surface area contributed by atoms with Crippen molar-refractivity contribution in [2.75, 3.05) is 26.2 Å². The van der Waals surface area contributed by atoms with E-state index >= 15 is 0 Å². The molecule has 0 aliphatic carbocycles. The Balaban J connectivity index is 1.99. The Morgan fingerprint density at radius 2 is 2.12 bits per heavy atom. The highest BCUT2D eigenvalue weighted by Gasteiger charge is 2.13. The lowest BCUT2D eigenvalue weighted by atomic mass is 9.95. The van der Waals surface area contributed by atoms with Crippen molar-refractivity contribution in [1.29, 1.82) is 0 Å². The van der Waals surface area contributed by atoms with E-state index in [1.807, 2.05) is 13.8 Å². The summed E-state index contributed by atoms with van der Waals surface area (Å²) in [5.41, 5.74) is 0. The Morgan fingerprint density at radius 1 is 1.44 bits per heavy atom. The molecule has 0 saturated carbocycles. The number of alkyl carbamates (subject to hydrolysis) is 1. The summed E-state index contributed by atoms with van der Waals surface area (Å²) in [6.07, 6.45) is 3.24. The summed E-state index contributed by atoms with van der Waals surface area (Å²) in [5.74, 6) is 1.15. The molecule has 94 valence electrons. The van der Waals surface area contributed by atoms with Gasteiger partial charge in [-0.3, -0.25) is 0 Å². The molecule has 4 heteroatoms. The minimum atomic E-state index is -0.275. The maximum atomic E-state index is 11.2. The predicted octanol–water partition coefficient (Wildman–Crippen LogP) is 1.76. The lowest BCUT2D eigenvalue weighted by Gasteiger charge is -2.22. The van der Waals surface area contributed by atoms with Gasteiger partial charge in [0.1, 0.15) is 0 Å². The Hall–Kier alpha value is -0.770. The molecule has 0 spiro atoms. The van der Waals surface area contributed by atoms with E-state index in [-0.39, 0.29) is 6.09 Å². The average Bonchev–Trinajstić information content (AvgIpc) is 2.28. The summed E-state index contributed by atoms with van der Waals surface area (Å²) in [4.78, 5) is 11.2. The summed E-state index contributed by atoms with van der Waals surface area (Å²) < 4.78 is 5.03. The van der Waals surface area contributed by atoms with E-state index in [1.54, 1.807) is 0 Å². The molecule has 1 aliphatic heterocycles. The van der Waals surface area contributed by atoms with Crippen molar-refractivity contribution in [2.45, 2.75) is 33.1 Å². The Bertz CT molecular complexity index is 201. The summed E-state index contributed by atoms with van der Waals surface area (Å²) >= 11 is 0. The van der Waals surface area contributed by atoms with Gasteiger partial charge in [-0.05, 0) is 44.2 Å². The van der Waals surface area contributed by atoms with Crippen LogP contribution in [0.1, 0.15) is 33.1 Å². The zero-order valence-electron chi connectivity index (χ0n) is 10.4. The van der Waals surface area contributed by atoms with Crippen LogP contribution in [0.4, 0.5) is 4.79 Å². The van der Waals surface area contributed by atoms with Gasteiger partial charge >= 0.3 is 6.09 Å². The van der Waals surface area contributed by atoms with Crippen molar-refractivity contribution in [1.82, 2.24) is 10.6 Å². The van der Waals surface area contributed by atoms with E-state index in [0.717, 1.165) is 32.0 Å². The normalized spacial score (nSPS) is 17.4. The van der Waals surface area contributed by atoms with E-state index in [1.165, 1.54) is 12.8 Å². The van der Waals surface area contributed by atoms with Crippen molar-refractivity contribution < 1.29 is 9.53 Å². The van der Waals surface area contributed by atoms with E-state index < -0.39 is 0 Å². The lowest BCUT2D eigenvalue weighted by Crippen LogP contribution is -2.32. The second-order valence-corrected chi connectivity index (χ2v) is 4.90. The standard InChI is InChI=1S/C12H24N2O2/c1-10(2)9-16-12(15)14-8-5-11-3-6-13-7-4-11/h10-11,13H,3-9H2,1-2H3,(H,14,15). The van der Waals surface area contributed by atoms with Crippen LogP contribution in [0.2, 0.25) is 0 Å². The molecule has 0 bridgehead atoms. The van der Waals surface area contributed by atoms with Gasteiger partial charge in [0, 0.05) is 6.54 Å². The molecule has 0 radical (unpaired) electrons. The minimum Gasteiger partial charge on any atom is -0.449 e. The zero-order valence-corrected chi connectivity index (χ0v) is 10.4. The van der Waals surface area contributed by atoms with Gasteiger partial charge in [0.05, 0.1) is 6.61 Å². The van der Waals surface area contributed by atoms with Crippen LogP contribution in [0.5, 0.6) is 0 Å². The second-order valence-electron chi connectivity index (χ2n) is 4.90. The van der Waals surface area contributed by atoms with Crippen LogP contribution in [0.25, 0.3) is 0 Å². The molecule has 2 N–H and O–H groups in total. The molecule has 1 aliphatic rings. The van der Waals surface area contributed by atoms with Gasteiger partial charge in [-0.1, -0.05) is 13.8 Å². The SMILES string of the molecule is CC(C)COC(=O)NCCC1CCNCC1. The fraction of sp³-hybridized carbons (Fsp3) is 0.917. The zero-order chi connectivity index (χ0) is 11.8. The lowest BCUT2D eigenvalue weighted by molar-refractivity contribution is 0.132. The maximum Gasteiger partial charge on any atom is 0.407 e. The fourth-order valence-electron chi connectivity index (χ4n) is 1.84. The number of ether oxygens (including phenoxy) is 1. The maximum absolute atomic E-state index is 11.2. The van der Waals surface area contributed by atoms with Crippen LogP contribution in [0, 0.1) is 11.8 Å². The fourth-order valence-corrected chi connectivity index (χ4v) is 1.84. The number of rotatable bonds is 5. The molecular formula is C12H24N2O2. The van der Waals surface area contributed by atoms with Crippen LogP contribution in [0.15, 0.2) is 0 Å². The third-order valence-corrected chi connectivity index (χ3v) is 2.83. The molecule has 1 rings (SSSR count). The Kier molecular flexibility index (Phi) is 6.23. The number of nitrogens with one attached hydrogen (secondary N) is 2. The number of piperidine rings is 1. The van der Waals surface area contributed by atoms with Crippen molar-refractivity contribution in [3.8, 4) is 0 Å². The van der Waals surface area contributed by atoms with E-state index in [4.69, 9.17) is 4.74 Å². The van der Waals surface area contributed by atoms with E-state index in [0.29, 0.717) is 12.5 Å². The summed E-state index contributed by atoms with van der Waals surface area (Å²) in [6, 6.07) is 0. The number of hydrogen-bond acceptors (Lipinski definition) is 3. The third kappa shape index (κ3) is 5.95. The van der Waals surface area contributed by atoms with Gasteiger partial charge in [-0.15, -0.1) is 0 Å². The Morgan fingerprint density at radius 3 is 2.75 bits per heavy atom. The highest BCUT2D eigenvalue weighted by molar-refractivity contribution is 5.66. The molecule has 1 amide bonds. The summed E-state index contributed by atoms with van der Waals surface area (Å²) in [6.45, 7) is 7.52. The third-order valence-electron chi connectivity index (χ3n) is 2.83. The number of carbonyl (C=O) groups excluding carboxylic acids is 1. The van der Waals surface area contributed by atoms with Crippen molar-refractivity contribution in [3.05, 3.63) is 0 Å². The average molecular weight is 228 g/mol. The molecule has 16 heavy (non-hydrogen) atoms. The highest BCUT2D eigenvalue weighted by Crippen LogP contribution is 2.14. The molecule has 4 nitrogen and oxygen atoms in total. The first-order chi connectivity index (χ1) is 7.68. The van der Waals surface area contributed by atoms with Crippen LogP contribution < -0.4 is 10.6 Å². The first-order valence-corrected chi connectivity index (χ1v) is 6.30. The topological polar surface area (TPSA) is 50.4 Å². The van der Waals surface area contributed by atoms with Crippen LogP contribution in [0.3, 0.4) is 0 Å². The van der Waals surface area contributed by atoms with Crippen LogP contribution in [-0.4, -0.2) is 32.3 Å². The van der Waals surface area contributed by atoms with Crippen LogP contribution >= 0.6 is 0 Å². The first kappa shape index (κ1) is 13.3. The van der Waals surface area contributed by atoms with E-state index in [9.17, 15) is 4.79 Å². The molecule has 0 unspecified atom stereocenters. The van der Waals surface area contributed by atoms with Crippen molar-refractivity contribution >= 4 is 6.09 Å². The molecular weight excluding hydrogens is 204 g/mol. The van der Waals surface area contributed by atoms with Crippen molar-refractivity contribution in [3.63, 3.8) is 0 Å². The smallest absolute Gasteiger partial charge is 0.407 e. The highest BCUT2D eigenvalue weighted by atomic mass is 16.5. The quantitative estimate of drug-likeness (QED) is 0.754. The minimum absolute atomic E-state index is 0.275. The first-order valence-electron chi connectivity index (χ1n) is 6.30. The second kappa shape index (κ2) is 7.49. The van der Waals surface area contributed by atoms with Gasteiger partial charge in [0.15, 0.2) is 0 Å². The monoisotopic (exact) mass is 228 g/mol.